The second kappa shape index (κ2) is 4.02. The van der Waals surface area contributed by atoms with Gasteiger partial charge in [0.25, 0.3) is 0 Å². The first-order chi connectivity index (χ1) is 6.83. The molecule has 0 amide bonds. The molecular formula is C10H12ClN3. The van der Waals surface area contributed by atoms with Crippen LogP contribution in [0.3, 0.4) is 0 Å². The minimum atomic E-state index is 0.472. The Morgan fingerprint density at radius 2 is 2.21 bits per heavy atom. The van der Waals surface area contributed by atoms with E-state index in [-0.39, 0.29) is 0 Å². The molecule has 0 saturated carbocycles. The highest BCUT2D eigenvalue weighted by molar-refractivity contribution is 6.30. The summed E-state index contributed by atoms with van der Waals surface area (Å²) >= 11 is 6.17. The van der Waals surface area contributed by atoms with Crippen molar-refractivity contribution in [3.05, 3.63) is 16.4 Å². The second-order valence-corrected chi connectivity index (χ2v) is 3.91. The highest BCUT2D eigenvalue weighted by atomic mass is 35.5. The number of nitrogens with zero attached hydrogens (tertiary/aromatic N) is 3. The molecule has 0 N–H and O–H groups in total. The van der Waals surface area contributed by atoms with Gasteiger partial charge in [0.05, 0.1) is 24.7 Å². The van der Waals surface area contributed by atoms with E-state index < -0.39 is 0 Å². The van der Waals surface area contributed by atoms with Gasteiger partial charge in [0.15, 0.2) is 0 Å². The van der Waals surface area contributed by atoms with Crippen molar-refractivity contribution in [1.82, 2.24) is 9.78 Å². The van der Waals surface area contributed by atoms with Crippen LogP contribution in [0.25, 0.3) is 0 Å². The summed E-state index contributed by atoms with van der Waals surface area (Å²) in [6.45, 7) is 0.613. The van der Waals surface area contributed by atoms with Crippen molar-refractivity contribution in [1.29, 1.82) is 5.26 Å². The van der Waals surface area contributed by atoms with Gasteiger partial charge < -0.3 is 0 Å². The molecule has 1 aromatic heterocycles. The number of aromatic nitrogens is 2. The third kappa shape index (κ3) is 1.62. The van der Waals surface area contributed by atoms with E-state index in [1.54, 1.807) is 4.68 Å². The van der Waals surface area contributed by atoms with Crippen molar-refractivity contribution >= 4 is 11.6 Å². The molecule has 3 nitrogen and oxygen atoms in total. The number of fused-ring (bicyclic) bond motifs is 1. The first-order valence-corrected chi connectivity index (χ1v) is 5.31. The fourth-order valence-electron chi connectivity index (χ4n) is 1.87. The molecule has 0 aliphatic heterocycles. The van der Waals surface area contributed by atoms with Crippen LogP contribution >= 0.6 is 11.6 Å². The Bertz CT molecular complexity index is 375. The number of nitriles is 1. The number of halogens is 1. The molecular weight excluding hydrogens is 198 g/mol. The lowest BCUT2D eigenvalue weighted by molar-refractivity contribution is 0.610. The minimum absolute atomic E-state index is 0.472. The summed E-state index contributed by atoms with van der Waals surface area (Å²) < 4.78 is 1.76. The first-order valence-electron chi connectivity index (χ1n) is 4.94. The molecule has 0 aromatic carbocycles. The molecule has 0 spiro atoms. The van der Waals surface area contributed by atoms with E-state index in [4.69, 9.17) is 16.9 Å². The zero-order valence-corrected chi connectivity index (χ0v) is 8.72. The molecule has 2 rings (SSSR count). The summed E-state index contributed by atoms with van der Waals surface area (Å²) in [4.78, 5) is 0. The van der Waals surface area contributed by atoms with Gasteiger partial charge in [0.1, 0.15) is 5.15 Å². The minimum Gasteiger partial charge on any atom is -0.252 e. The summed E-state index contributed by atoms with van der Waals surface area (Å²) in [5, 5.41) is 13.7. The summed E-state index contributed by atoms with van der Waals surface area (Å²) in [6, 6.07) is 2.10. The number of rotatable bonds is 2. The van der Waals surface area contributed by atoms with Gasteiger partial charge >= 0.3 is 0 Å². The molecule has 1 aromatic rings. The molecule has 74 valence electrons. The van der Waals surface area contributed by atoms with Gasteiger partial charge in [0, 0.05) is 5.56 Å². The van der Waals surface area contributed by atoms with Crippen molar-refractivity contribution in [2.45, 2.75) is 38.6 Å². The lowest BCUT2D eigenvalue weighted by Gasteiger charge is -2.07. The van der Waals surface area contributed by atoms with E-state index in [9.17, 15) is 0 Å². The maximum absolute atomic E-state index is 8.49. The van der Waals surface area contributed by atoms with Crippen molar-refractivity contribution < 1.29 is 0 Å². The van der Waals surface area contributed by atoms with E-state index in [1.807, 2.05) is 0 Å². The molecule has 0 saturated heterocycles. The van der Waals surface area contributed by atoms with Crippen LogP contribution in [0.2, 0.25) is 5.15 Å². The molecule has 1 heterocycles. The Kier molecular flexibility index (Phi) is 2.74. The standard InChI is InChI=1S/C10H12ClN3/c11-10-8-4-1-2-5-9(8)13-14(10)7-3-6-12/h1-5,7H2. The maximum Gasteiger partial charge on any atom is 0.130 e. The van der Waals surface area contributed by atoms with Crippen LogP contribution in [0, 0.1) is 11.3 Å². The van der Waals surface area contributed by atoms with Crippen LogP contribution in [-0.2, 0) is 19.4 Å². The third-order valence-electron chi connectivity index (χ3n) is 2.59. The predicted octanol–water partition coefficient (Wildman–Crippen LogP) is 2.33. The Balaban J connectivity index is 2.25. The molecule has 0 radical (unpaired) electrons. The van der Waals surface area contributed by atoms with Gasteiger partial charge in [0.2, 0.25) is 0 Å². The monoisotopic (exact) mass is 209 g/mol. The Hall–Kier alpha value is -1.01. The van der Waals surface area contributed by atoms with E-state index in [1.165, 1.54) is 18.4 Å². The fraction of sp³-hybridized carbons (Fsp3) is 0.600. The summed E-state index contributed by atoms with van der Waals surface area (Å²) in [5.74, 6) is 0. The summed E-state index contributed by atoms with van der Waals surface area (Å²) in [5.41, 5.74) is 2.34. The fourth-order valence-corrected chi connectivity index (χ4v) is 2.20. The zero-order valence-electron chi connectivity index (χ0n) is 7.96. The lowest BCUT2D eigenvalue weighted by Crippen LogP contribution is -2.01. The number of hydrogen-bond acceptors (Lipinski definition) is 2. The van der Waals surface area contributed by atoms with Crippen LogP contribution < -0.4 is 0 Å². The van der Waals surface area contributed by atoms with Crippen LogP contribution in [-0.4, -0.2) is 9.78 Å². The predicted molar refractivity (Wildman–Crippen MR) is 54.1 cm³/mol. The number of aryl methyl sites for hydroxylation is 2. The van der Waals surface area contributed by atoms with Crippen LogP contribution in [0.1, 0.15) is 30.5 Å². The Morgan fingerprint density at radius 1 is 1.43 bits per heavy atom. The first kappa shape index (κ1) is 9.54. The van der Waals surface area contributed by atoms with Crippen LogP contribution in [0.4, 0.5) is 0 Å². The van der Waals surface area contributed by atoms with E-state index >= 15 is 0 Å². The van der Waals surface area contributed by atoms with Crippen molar-refractivity contribution in [3.8, 4) is 6.07 Å². The highest BCUT2D eigenvalue weighted by Crippen LogP contribution is 2.27. The van der Waals surface area contributed by atoms with E-state index in [0.717, 1.165) is 23.7 Å². The average Bonchev–Trinajstić information content (AvgIpc) is 2.54. The molecule has 14 heavy (non-hydrogen) atoms. The molecule has 0 atom stereocenters. The largest absolute Gasteiger partial charge is 0.252 e. The SMILES string of the molecule is N#CCCn1nc2c(c1Cl)CCCC2. The number of hydrogen-bond donors (Lipinski definition) is 0. The van der Waals surface area contributed by atoms with Crippen LogP contribution in [0.15, 0.2) is 0 Å². The quantitative estimate of drug-likeness (QED) is 0.750. The third-order valence-corrected chi connectivity index (χ3v) is 3.01. The molecule has 1 aliphatic carbocycles. The van der Waals surface area contributed by atoms with Gasteiger partial charge in [-0.1, -0.05) is 11.6 Å². The van der Waals surface area contributed by atoms with Gasteiger partial charge in [-0.15, -0.1) is 0 Å². The smallest absolute Gasteiger partial charge is 0.130 e. The van der Waals surface area contributed by atoms with Crippen LogP contribution in [0.5, 0.6) is 0 Å². The Labute approximate surface area is 88.3 Å². The molecule has 4 heteroatoms. The lowest BCUT2D eigenvalue weighted by atomic mass is 9.99. The van der Waals surface area contributed by atoms with Gasteiger partial charge in [-0.05, 0) is 25.7 Å². The normalized spacial score (nSPS) is 14.9. The van der Waals surface area contributed by atoms with Crippen molar-refractivity contribution in [3.63, 3.8) is 0 Å². The van der Waals surface area contributed by atoms with Gasteiger partial charge in [-0.3, -0.25) is 4.68 Å². The molecule has 0 unspecified atom stereocenters. The summed E-state index contributed by atoms with van der Waals surface area (Å²) in [7, 11) is 0. The molecule has 0 bridgehead atoms. The summed E-state index contributed by atoms with van der Waals surface area (Å²) in [6.07, 6.45) is 4.96. The Morgan fingerprint density at radius 3 is 2.93 bits per heavy atom. The zero-order chi connectivity index (χ0) is 9.97. The van der Waals surface area contributed by atoms with Crippen molar-refractivity contribution in [2.75, 3.05) is 0 Å². The topological polar surface area (TPSA) is 41.6 Å². The van der Waals surface area contributed by atoms with Crippen molar-refractivity contribution in [2.24, 2.45) is 0 Å². The second-order valence-electron chi connectivity index (χ2n) is 3.55. The van der Waals surface area contributed by atoms with Gasteiger partial charge in [-0.2, -0.15) is 10.4 Å². The van der Waals surface area contributed by atoms with E-state index in [0.29, 0.717) is 13.0 Å². The average molecular weight is 210 g/mol. The van der Waals surface area contributed by atoms with E-state index in [2.05, 4.69) is 11.2 Å². The highest BCUT2D eigenvalue weighted by Gasteiger charge is 2.18. The van der Waals surface area contributed by atoms with Gasteiger partial charge in [-0.25, -0.2) is 0 Å². The molecule has 0 fully saturated rings. The maximum atomic E-state index is 8.49. The molecule has 1 aliphatic rings.